The number of furan rings is 1. The Kier molecular flexibility index (Phi) is 4.40. The van der Waals surface area contributed by atoms with Gasteiger partial charge in [0, 0.05) is 23.5 Å². The van der Waals surface area contributed by atoms with Gasteiger partial charge in [0.1, 0.15) is 11.7 Å². The number of nitrogens with two attached hydrogens (primary N) is 1. The summed E-state index contributed by atoms with van der Waals surface area (Å²) in [6, 6.07) is 6.82. The summed E-state index contributed by atoms with van der Waals surface area (Å²) in [6.07, 6.45) is 0.250. The summed E-state index contributed by atoms with van der Waals surface area (Å²) in [5.74, 6) is -0.107. The number of benzene rings is 1. The Balaban J connectivity index is 1.59. The van der Waals surface area contributed by atoms with Crippen LogP contribution in [0.15, 0.2) is 28.7 Å². The summed E-state index contributed by atoms with van der Waals surface area (Å²) >= 11 is 5.92. The molecule has 1 aromatic heterocycles. The van der Waals surface area contributed by atoms with E-state index >= 15 is 0 Å². The molecule has 3 rings (SSSR count). The Bertz CT molecular complexity index is 737. The molecular weight excluding hydrogens is 322 g/mol. The molecule has 1 aromatic carbocycles. The third kappa shape index (κ3) is 3.75. The van der Waals surface area contributed by atoms with E-state index in [1.54, 1.807) is 29.3 Å². The number of carbonyl (C=O) groups is 2. The second-order valence-corrected chi connectivity index (χ2v) is 5.79. The first-order chi connectivity index (χ1) is 11.0. The number of nitrogens with one attached hydrogen (secondary N) is 1. The monoisotopic (exact) mass is 337 g/mol. The summed E-state index contributed by atoms with van der Waals surface area (Å²) in [6.45, 7) is 1.13. The predicted octanol–water partition coefficient (Wildman–Crippen LogP) is 2.29. The molecule has 0 unspecified atom stereocenters. The van der Waals surface area contributed by atoms with Gasteiger partial charge < -0.3 is 14.9 Å². The Labute approximate surface area is 137 Å². The number of hydrazine groups is 1. The van der Waals surface area contributed by atoms with E-state index in [-0.39, 0.29) is 17.8 Å². The standard InChI is InChI=1S/C15H16ClN3O4/c16-10-1-2-12-9(7-10)8-13(23-12)14(20)18-19-5-3-11(4-6-19)22-15(17)21/h1-2,7-8,11H,3-6H2,(H2,17,21)(H,18,20). The lowest BCUT2D eigenvalue weighted by Crippen LogP contribution is -2.48. The van der Waals surface area contributed by atoms with Crippen LogP contribution >= 0.6 is 11.6 Å². The second-order valence-electron chi connectivity index (χ2n) is 5.36. The Hall–Kier alpha value is -2.25. The molecule has 0 spiro atoms. The van der Waals surface area contributed by atoms with E-state index in [1.165, 1.54) is 0 Å². The predicted molar refractivity (Wildman–Crippen MR) is 84.0 cm³/mol. The maximum atomic E-state index is 12.2. The highest BCUT2D eigenvalue weighted by atomic mass is 35.5. The van der Waals surface area contributed by atoms with Crippen LogP contribution in [0.3, 0.4) is 0 Å². The molecule has 0 atom stereocenters. The van der Waals surface area contributed by atoms with Crippen LogP contribution in [0.5, 0.6) is 0 Å². The number of rotatable bonds is 3. The topological polar surface area (TPSA) is 97.8 Å². The molecule has 0 radical (unpaired) electrons. The number of ether oxygens (including phenoxy) is 1. The van der Waals surface area contributed by atoms with E-state index in [0.717, 1.165) is 5.39 Å². The average molecular weight is 338 g/mol. The zero-order chi connectivity index (χ0) is 16.4. The van der Waals surface area contributed by atoms with E-state index in [4.69, 9.17) is 26.5 Å². The van der Waals surface area contributed by atoms with E-state index in [1.807, 2.05) is 0 Å². The van der Waals surface area contributed by atoms with Crippen LogP contribution in [0, 0.1) is 0 Å². The van der Waals surface area contributed by atoms with Crippen molar-refractivity contribution in [2.45, 2.75) is 18.9 Å². The molecule has 7 nitrogen and oxygen atoms in total. The molecule has 122 valence electrons. The molecule has 0 bridgehead atoms. The molecule has 2 aromatic rings. The largest absolute Gasteiger partial charge is 0.451 e. The second kappa shape index (κ2) is 6.47. The third-order valence-electron chi connectivity index (χ3n) is 3.69. The summed E-state index contributed by atoms with van der Waals surface area (Å²) < 4.78 is 10.5. The fraction of sp³-hybridized carbons (Fsp3) is 0.333. The SMILES string of the molecule is NC(=O)OC1CCN(NC(=O)c2cc3cc(Cl)ccc3o2)CC1. The Morgan fingerprint density at radius 2 is 2.04 bits per heavy atom. The minimum absolute atomic E-state index is 0.200. The number of hydrogen-bond acceptors (Lipinski definition) is 5. The molecule has 0 saturated carbocycles. The molecule has 2 heterocycles. The molecular formula is C15H16ClN3O4. The van der Waals surface area contributed by atoms with E-state index in [9.17, 15) is 9.59 Å². The summed E-state index contributed by atoms with van der Waals surface area (Å²) in [7, 11) is 0. The molecule has 3 N–H and O–H groups in total. The van der Waals surface area contributed by atoms with Crippen molar-refractivity contribution < 1.29 is 18.7 Å². The summed E-state index contributed by atoms with van der Waals surface area (Å²) in [5, 5.41) is 3.13. The van der Waals surface area contributed by atoms with E-state index in [0.29, 0.717) is 36.5 Å². The zero-order valence-corrected chi connectivity index (χ0v) is 13.0. The number of primary amides is 1. The van der Waals surface area contributed by atoms with Gasteiger partial charge in [-0.2, -0.15) is 0 Å². The van der Waals surface area contributed by atoms with Crippen LogP contribution in [0.1, 0.15) is 23.4 Å². The highest BCUT2D eigenvalue weighted by Gasteiger charge is 2.23. The van der Waals surface area contributed by atoms with Gasteiger partial charge in [-0.25, -0.2) is 9.80 Å². The number of carbonyl (C=O) groups excluding carboxylic acids is 2. The summed E-state index contributed by atoms with van der Waals surface area (Å²) in [5.41, 5.74) is 8.38. The average Bonchev–Trinajstić information content (AvgIpc) is 2.92. The number of halogens is 1. The van der Waals surface area contributed by atoms with Gasteiger partial charge in [0.05, 0.1) is 0 Å². The quantitative estimate of drug-likeness (QED) is 0.895. The van der Waals surface area contributed by atoms with Gasteiger partial charge in [0.2, 0.25) is 0 Å². The lowest BCUT2D eigenvalue weighted by Gasteiger charge is -2.30. The lowest BCUT2D eigenvalue weighted by molar-refractivity contribution is 0.0341. The fourth-order valence-corrected chi connectivity index (χ4v) is 2.76. The van der Waals surface area contributed by atoms with Crippen LogP contribution in [-0.2, 0) is 4.74 Å². The zero-order valence-electron chi connectivity index (χ0n) is 12.3. The molecule has 1 aliphatic heterocycles. The molecule has 8 heteroatoms. The molecule has 1 saturated heterocycles. The van der Waals surface area contributed by atoms with Crippen molar-refractivity contribution in [3.63, 3.8) is 0 Å². The minimum atomic E-state index is -0.770. The number of fused-ring (bicyclic) bond motifs is 1. The summed E-state index contributed by atoms with van der Waals surface area (Å²) in [4.78, 5) is 23.0. The first-order valence-electron chi connectivity index (χ1n) is 7.22. The van der Waals surface area contributed by atoms with Gasteiger partial charge >= 0.3 is 12.0 Å². The van der Waals surface area contributed by atoms with Gasteiger partial charge in [-0.15, -0.1) is 0 Å². The van der Waals surface area contributed by atoms with Crippen LogP contribution in [0.25, 0.3) is 11.0 Å². The van der Waals surface area contributed by atoms with E-state index in [2.05, 4.69) is 5.43 Å². The highest BCUT2D eigenvalue weighted by Crippen LogP contribution is 2.23. The van der Waals surface area contributed by atoms with E-state index < -0.39 is 6.09 Å². The first-order valence-corrected chi connectivity index (χ1v) is 7.60. The van der Waals surface area contributed by atoms with Crippen LogP contribution in [-0.4, -0.2) is 36.2 Å². The number of nitrogens with zero attached hydrogens (tertiary/aromatic N) is 1. The Morgan fingerprint density at radius 3 is 2.74 bits per heavy atom. The fourth-order valence-electron chi connectivity index (χ4n) is 2.57. The molecule has 23 heavy (non-hydrogen) atoms. The van der Waals surface area contributed by atoms with Crippen molar-refractivity contribution in [3.8, 4) is 0 Å². The molecule has 0 aliphatic carbocycles. The van der Waals surface area contributed by atoms with Gasteiger partial charge in [-0.3, -0.25) is 10.2 Å². The lowest BCUT2D eigenvalue weighted by atomic mass is 10.1. The van der Waals surface area contributed by atoms with Gasteiger partial charge in [-0.1, -0.05) is 11.6 Å². The number of amides is 2. The minimum Gasteiger partial charge on any atom is -0.451 e. The van der Waals surface area contributed by atoms with Crippen molar-refractivity contribution in [1.29, 1.82) is 0 Å². The van der Waals surface area contributed by atoms with Crippen molar-refractivity contribution >= 4 is 34.6 Å². The van der Waals surface area contributed by atoms with Crippen molar-refractivity contribution in [1.82, 2.24) is 10.4 Å². The van der Waals surface area contributed by atoms with Gasteiger partial charge in [0.15, 0.2) is 5.76 Å². The molecule has 1 fully saturated rings. The number of piperidine rings is 1. The highest BCUT2D eigenvalue weighted by molar-refractivity contribution is 6.31. The maximum absolute atomic E-state index is 12.2. The normalized spacial score (nSPS) is 16.4. The molecule has 1 aliphatic rings. The van der Waals surface area contributed by atoms with Gasteiger partial charge in [0.25, 0.3) is 0 Å². The maximum Gasteiger partial charge on any atom is 0.404 e. The van der Waals surface area contributed by atoms with Crippen molar-refractivity contribution in [2.75, 3.05) is 13.1 Å². The van der Waals surface area contributed by atoms with Crippen molar-refractivity contribution in [3.05, 3.63) is 35.0 Å². The number of hydrogen-bond donors (Lipinski definition) is 2. The van der Waals surface area contributed by atoms with Crippen molar-refractivity contribution in [2.24, 2.45) is 5.73 Å². The van der Waals surface area contributed by atoms with Crippen LogP contribution in [0.2, 0.25) is 5.02 Å². The smallest absolute Gasteiger partial charge is 0.404 e. The van der Waals surface area contributed by atoms with Gasteiger partial charge in [-0.05, 0) is 37.1 Å². The Morgan fingerprint density at radius 1 is 1.30 bits per heavy atom. The third-order valence-corrected chi connectivity index (χ3v) is 3.92. The van der Waals surface area contributed by atoms with Crippen LogP contribution < -0.4 is 11.2 Å². The molecule has 2 amide bonds. The first kappa shape index (κ1) is 15.6. The van der Waals surface area contributed by atoms with Crippen LogP contribution in [0.4, 0.5) is 4.79 Å².